The zero-order valence-corrected chi connectivity index (χ0v) is 13.8. The zero-order valence-electron chi connectivity index (χ0n) is 10.6. The Labute approximate surface area is 126 Å². The molecule has 0 radical (unpaired) electrons. The van der Waals surface area contributed by atoms with Crippen molar-refractivity contribution in [2.45, 2.75) is 18.4 Å². The smallest absolute Gasteiger partial charge is 0.207 e. The lowest BCUT2D eigenvalue weighted by molar-refractivity contribution is 0.469. The third kappa shape index (κ3) is 3.25. The number of hydrogen-bond donors (Lipinski definition) is 0. The summed E-state index contributed by atoms with van der Waals surface area (Å²) in [7, 11) is -1.84. The minimum atomic E-state index is -3.44. The van der Waals surface area contributed by atoms with E-state index < -0.39 is 10.0 Å². The number of benzene rings is 1. The van der Waals surface area contributed by atoms with Crippen molar-refractivity contribution >= 4 is 37.3 Å². The molecule has 0 saturated carbocycles. The molecule has 0 amide bonds. The number of hydrogen-bond acceptors (Lipinski definition) is 3. The first kappa shape index (κ1) is 14.7. The van der Waals surface area contributed by atoms with Crippen LogP contribution in [0.2, 0.25) is 0 Å². The summed E-state index contributed by atoms with van der Waals surface area (Å²) in [5, 5.41) is 1.95. The van der Waals surface area contributed by atoms with Crippen LogP contribution in [0.5, 0.6) is 0 Å². The molecule has 2 aromatic rings. The highest BCUT2D eigenvalue weighted by atomic mass is 79.9. The van der Waals surface area contributed by atoms with E-state index in [4.69, 9.17) is 0 Å². The number of thiophene rings is 1. The van der Waals surface area contributed by atoms with Gasteiger partial charge in [-0.1, -0.05) is 22.0 Å². The third-order valence-corrected chi connectivity index (χ3v) is 6.10. The van der Waals surface area contributed by atoms with Crippen molar-refractivity contribution in [3.8, 4) is 0 Å². The first-order chi connectivity index (χ1) is 8.91. The van der Waals surface area contributed by atoms with Gasteiger partial charge in [0.15, 0.2) is 0 Å². The molecule has 0 unspecified atom stereocenters. The normalized spacial score (nSPS) is 12.0. The van der Waals surface area contributed by atoms with Crippen LogP contribution >= 0.6 is 27.3 Å². The van der Waals surface area contributed by atoms with Crippen molar-refractivity contribution in [3.05, 3.63) is 50.6 Å². The molecule has 0 N–H and O–H groups in total. The molecule has 3 nitrogen and oxygen atoms in total. The molecule has 1 aromatic carbocycles. The van der Waals surface area contributed by atoms with Crippen LogP contribution in [0.1, 0.15) is 10.4 Å². The van der Waals surface area contributed by atoms with Crippen LogP contribution in [0.3, 0.4) is 0 Å². The van der Waals surface area contributed by atoms with E-state index in [1.165, 1.54) is 4.31 Å². The highest BCUT2D eigenvalue weighted by Gasteiger charge is 2.23. The number of nitrogens with zero attached hydrogens (tertiary/aromatic N) is 1. The van der Waals surface area contributed by atoms with Gasteiger partial charge in [0.05, 0.1) is 4.90 Å². The fourth-order valence-electron chi connectivity index (χ4n) is 1.78. The molecule has 0 atom stereocenters. The number of halogens is 1. The van der Waals surface area contributed by atoms with Gasteiger partial charge in [0, 0.05) is 22.9 Å². The van der Waals surface area contributed by atoms with E-state index in [0.29, 0.717) is 11.4 Å². The standard InChI is InChI=1S/C13H14BrNO2S2/c1-10-8-11(14)5-6-13(10)19(16,17)15(2)9-12-4-3-7-18-12/h3-8H,9H2,1-2H3. The minimum Gasteiger partial charge on any atom is -0.207 e. The Balaban J connectivity index is 2.31. The van der Waals surface area contributed by atoms with Crippen molar-refractivity contribution in [1.29, 1.82) is 0 Å². The molecule has 2 rings (SSSR count). The average molecular weight is 360 g/mol. The van der Waals surface area contributed by atoms with Gasteiger partial charge in [-0.3, -0.25) is 0 Å². The quantitative estimate of drug-likeness (QED) is 0.835. The predicted molar refractivity (Wildman–Crippen MR) is 81.9 cm³/mol. The topological polar surface area (TPSA) is 37.4 Å². The highest BCUT2D eigenvalue weighted by Crippen LogP contribution is 2.24. The van der Waals surface area contributed by atoms with E-state index in [-0.39, 0.29) is 0 Å². The molecule has 1 aromatic heterocycles. The molecule has 0 aliphatic heterocycles. The minimum absolute atomic E-state index is 0.356. The van der Waals surface area contributed by atoms with E-state index in [2.05, 4.69) is 15.9 Å². The van der Waals surface area contributed by atoms with E-state index in [0.717, 1.165) is 14.9 Å². The molecule has 0 spiro atoms. The third-order valence-electron chi connectivity index (χ3n) is 2.78. The maximum absolute atomic E-state index is 12.5. The van der Waals surface area contributed by atoms with E-state index in [1.54, 1.807) is 37.4 Å². The summed E-state index contributed by atoms with van der Waals surface area (Å²) in [6.45, 7) is 2.20. The second kappa shape index (κ2) is 5.75. The predicted octanol–water partition coefficient (Wildman–Crippen LogP) is 3.64. The molecule has 0 aliphatic carbocycles. The van der Waals surface area contributed by atoms with Gasteiger partial charge < -0.3 is 0 Å². The molecular weight excluding hydrogens is 346 g/mol. The Morgan fingerprint density at radius 1 is 1.32 bits per heavy atom. The van der Waals surface area contributed by atoms with Gasteiger partial charge in [0.2, 0.25) is 10.0 Å². The van der Waals surface area contributed by atoms with Crippen LogP contribution < -0.4 is 0 Å². The molecule has 6 heteroatoms. The second-order valence-electron chi connectivity index (χ2n) is 4.25. The molecule has 1 heterocycles. The van der Waals surface area contributed by atoms with Crippen LogP contribution in [-0.4, -0.2) is 19.8 Å². The Hall–Kier alpha value is -0.690. The molecule has 0 bridgehead atoms. The maximum atomic E-state index is 12.5. The lowest BCUT2D eigenvalue weighted by atomic mass is 10.2. The summed E-state index contributed by atoms with van der Waals surface area (Å²) in [5.74, 6) is 0. The van der Waals surface area contributed by atoms with Gasteiger partial charge in [0.1, 0.15) is 0 Å². The first-order valence-electron chi connectivity index (χ1n) is 5.66. The Morgan fingerprint density at radius 2 is 2.05 bits per heavy atom. The van der Waals surface area contributed by atoms with E-state index in [9.17, 15) is 8.42 Å². The van der Waals surface area contributed by atoms with Gasteiger partial charge in [-0.2, -0.15) is 4.31 Å². The monoisotopic (exact) mass is 359 g/mol. The number of rotatable bonds is 4. The lowest BCUT2D eigenvalue weighted by Gasteiger charge is -2.18. The Bertz CT molecular complexity index is 666. The summed E-state index contributed by atoms with van der Waals surface area (Å²) < 4.78 is 27.3. The number of sulfonamides is 1. The molecule has 0 aliphatic rings. The lowest BCUT2D eigenvalue weighted by Crippen LogP contribution is -2.26. The van der Waals surface area contributed by atoms with Crippen molar-refractivity contribution in [1.82, 2.24) is 4.31 Å². The summed E-state index contributed by atoms with van der Waals surface area (Å²) >= 11 is 4.90. The molecule has 19 heavy (non-hydrogen) atoms. The van der Waals surface area contributed by atoms with E-state index in [1.807, 2.05) is 23.6 Å². The van der Waals surface area contributed by atoms with Crippen molar-refractivity contribution in [2.75, 3.05) is 7.05 Å². The summed E-state index contributed by atoms with van der Waals surface area (Å²) in [6, 6.07) is 9.06. The highest BCUT2D eigenvalue weighted by molar-refractivity contribution is 9.10. The first-order valence-corrected chi connectivity index (χ1v) is 8.77. The van der Waals surface area contributed by atoms with E-state index >= 15 is 0 Å². The van der Waals surface area contributed by atoms with Gasteiger partial charge in [-0.15, -0.1) is 11.3 Å². The molecule has 0 saturated heterocycles. The fraction of sp³-hybridized carbons (Fsp3) is 0.231. The van der Waals surface area contributed by atoms with Crippen molar-refractivity contribution < 1.29 is 8.42 Å². The van der Waals surface area contributed by atoms with Gasteiger partial charge >= 0.3 is 0 Å². The summed E-state index contributed by atoms with van der Waals surface area (Å²) in [4.78, 5) is 1.38. The summed E-state index contributed by atoms with van der Waals surface area (Å²) in [6.07, 6.45) is 0. The van der Waals surface area contributed by atoms with Crippen LogP contribution in [0.4, 0.5) is 0 Å². The Morgan fingerprint density at radius 3 is 2.63 bits per heavy atom. The zero-order chi connectivity index (χ0) is 14.0. The second-order valence-corrected chi connectivity index (χ2v) is 8.21. The van der Waals surface area contributed by atoms with Crippen LogP contribution in [0.25, 0.3) is 0 Å². The Kier molecular flexibility index (Phi) is 4.45. The summed E-state index contributed by atoms with van der Waals surface area (Å²) in [5.41, 5.74) is 0.743. The number of aryl methyl sites for hydroxylation is 1. The van der Waals surface area contributed by atoms with Gasteiger partial charge in [0.25, 0.3) is 0 Å². The molecule has 0 fully saturated rings. The molecular formula is C13H14BrNO2S2. The van der Waals surface area contributed by atoms with Crippen LogP contribution in [0.15, 0.2) is 45.1 Å². The van der Waals surface area contributed by atoms with Crippen LogP contribution in [0, 0.1) is 6.92 Å². The average Bonchev–Trinajstić information content (AvgIpc) is 2.81. The van der Waals surface area contributed by atoms with Crippen LogP contribution in [-0.2, 0) is 16.6 Å². The van der Waals surface area contributed by atoms with Gasteiger partial charge in [-0.25, -0.2) is 8.42 Å². The van der Waals surface area contributed by atoms with Gasteiger partial charge in [-0.05, 0) is 42.1 Å². The SMILES string of the molecule is Cc1cc(Br)ccc1S(=O)(=O)N(C)Cc1cccs1. The maximum Gasteiger partial charge on any atom is 0.243 e. The van der Waals surface area contributed by atoms with Crippen molar-refractivity contribution in [2.24, 2.45) is 0 Å². The molecule has 102 valence electrons. The largest absolute Gasteiger partial charge is 0.243 e. The van der Waals surface area contributed by atoms with Crippen molar-refractivity contribution in [3.63, 3.8) is 0 Å². The fourth-order valence-corrected chi connectivity index (χ4v) is 4.44.